The quantitative estimate of drug-likeness (QED) is 0.0493. The molecule has 71 heavy (non-hydrogen) atoms. The minimum Gasteiger partial charge on any atom is -0.511 e. The molecule has 21 heteroatoms. The molecule has 8 N–H and O–H groups in total. The highest BCUT2D eigenvalue weighted by atomic mass is 16.6. The summed E-state index contributed by atoms with van der Waals surface area (Å²) in [5.74, 6) is -4.91. The van der Waals surface area contributed by atoms with Crippen molar-refractivity contribution < 1.29 is 67.5 Å². The third kappa shape index (κ3) is 23.9. The van der Waals surface area contributed by atoms with Gasteiger partial charge in [-0.25, -0.2) is 19.2 Å². The van der Waals surface area contributed by atoms with Gasteiger partial charge in [0.15, 0.2) is 5.78 Å². The van der Waals surface area contributed by atoms with Crippen molar-refractivity contribution in [2.75, 3.05) is 19.6 Å². The van der Waals surface area contributed by atoms with Crippen molar-refractivity contribution in [3.05, 3.63) is 47.2 Å². The molecule has 0 saturated carbocycles. The molecular weight excluding hydrogens is 923 g/mol. The van der Waals surface area contributed by atoms with Crippen LogP contribution in [0.4, 0.5) is 14.4 Å². The molecule has 1 aliphatic rings. The first-order chi connectivity index (χ1) is 32.6. The van der Waals surface area contributed by atoms with Crippen molar-refractivity contribution in [3.8, 4) is 0 Å². The van der Waals surface area contributed by atoms with Crippen LogP contribution in [-0.4, -0.2) is 130 Å². The standard InChI is InChI=1S/C50H79N7O14/c1-29(2)24-34(38-36(58)25-50(13,14)26-37(38)59)51-22-20-32(40(60)55-33(43(63)64)21-23-52-44(65)70-48(7,8)9)54-41(61)35(27-53-45(66)71-49(10,11)12)56-42(62)39(30(3)69-47(4,5)6)57-46(67)68-28-31-18-16-15-17-19-31/h15-19,29-30,32-33,35,39,58H,20-28H2,1-14H3,(H,52,65)(H,53,66)(H,54,61)(H,55,60)(H,56,62)(H,57,67)(H,63,64)/t30-,32+,33+,35+,39+/m1/s1. The summed E-state index contributed by atoms with van der Waals surface area (Å²) >= 11 is 0. The number of ketones is 1. The Hall–Kier alpha value is -6.25. The Kier molecular flexibility index (Phi) is 23.0. The number of allylic oxidation sites excluding steroid dienone is 2. The van der Waals surface area contributed by atoms with Crippen LogP contribution < -0.4 is 31.9 Å². The van der Waals surface area contributed by atoms with Gasteiger partial charge in [0.1, 0.15) is 47.7 Å². The maximum Gasteiger partial charge on any atom is 0.408 e. The summed E-state index contributed by atoms with van der Waals surface area (Å²) in [5, 5.41) is 36.1. The zero-order valence-electron chi connectivity index (χ0n) is 44.0. The number of nitrogens with one attached hydrogen (secondary N) is 6. The van der Waals surface area contributed by atoms with Crippen molar-refractivity contribution in [1.82, 2.24) is 31.9 Å². The average molecular weight is 1000 g/mol. The highest BCUT2D eigenvalue weighted by molar-refractivity contribution is 6.23. The number of nitrogens with zero attached hydrogens (tertiary/aromatic N) is 1. The van der Waals surface area contributed by atoms with Crippen molar-refractivity contribution in [2.45, 2.75) is 183 Å². The van der Waals surface area contributed by atoms with Gasteiger partial charge in [0.05, 0.1) is 23.8 Å². The van der Waals surface area contributed by atoms with Crippen LogP contribution in [0.25, 0.3) is 0 Å². The molecule has 398 valence electrons. The Morgan fingerprint density at radius 2 is 1.25 bits per heavy atom. The minimum atomic E-state index is -1.68. The molecule has 0 aromatic heterocycles. The highest BCUT2D eigenvalue weighted by Crippen LogP contribution is 2.37. The molecule has 21 nitrogen and oxygen atoms in total. The van der Waals surface area contributed by atoms with E-state index >= 15 is 0 Å². The van der Waals surface area contributed by atoms with Gasteiger partial charge in [-0.15, -0.1) is 0 Å². The van der Waals surface area contributed by atoms with Crippen LogP contribution in [0, 0.1) is 11.3 Å². The second-order valence-electron chi connectivity index (χ2n) is 21.7. The van der Waals surface area contributed by atoms with E-state index in [9.17, 15) is 48.6 Å². The number of rotatable bonds is 23. The number of benzene rings is 1. The first kappa shape index (κ1) is 60.9. The van der Waals surface area contributed by atoms with Crippen LogP contribution in [0.5, 0.6) is 0 Å². The van der Waals surface area contributed by atoms with Gasteiger partial charge in [0, 0.05) is 31.6 Å². The van der Waals surface area contributed by atoms with E-state index in [0.717, 1.165) is 0 Å². The second-order valence-corrected chi connectivity index (χ2v) is 21.7. The van der Waals surface area contributed by atoms with E-state index < -0.39 is 101 Å². The van der Waals surface area contributed by atoms with E-state index in [1.54, 1.807) is 92.6 Å². The summed E-state index contributed by atoms with van der Waals surface area (Å²) in [6.45, 7) is 22.8. The van der Waals surface area contributed by atoms with Crippen molar-refractivity contribution >= 4 is 53.5 Å². The predicted octanol–water partition coefficient (Wildman–Crippen LogP) is 5.54. The first-order valence-corrected chi connectivity index (χ1v) is 23.9. The Balaban J connectivity index is 2.61. The number of aliphatic hydroxyl groups is 1. The second kappa shape index (κ2) is 26.8. The number of alkyl carbamates (subject to hydrolysis) is 3. The Labute approximate surface area is 417 Å². The van der Waals surface area contributed by atoms with Crippen LogP contribution >= 0.6 is 0 Å². The molecule has 0 radical (unpaired) electrons. The number of hydrogen-bond acceptors (Lipinski definition) is 14. The number of carboxylic acids is 1. The lowest BCUT2D eigenvalue weighted by Gasteiger charge is -2.32. The SMILES string of the molecule is CC(C)CC(=NCC[C@H](NC(=O)[C@H](CNC(=O)OC(C)(C)C)NC(=O)[C@@H](NC(=O)OCc1ccccc1)[C@@H](C)OC(C)(C)C)C(=O)N[C@@H](CCNC(=O)OC(C)(C)C)C(=O)O)C1=C(O)CC(C)(C)CC1=O. The molecular formula is C50H79N7O14. The normalized spacial score (nSPS) is 16.3. The van der Waals surface area contributed by atoms with Gasteiger partial charge in [0.2, 0.25) is 17.7 Å². The number of ether oxygens (including phenoxy) is 4. The molecule has 0 unspecified atom stereocenters. The summed E-state index contributed by atoms with van der Waals surface area (Å²) in [7, 11) is 0. The summed E-state index contributed by atoms with van der Waals surface area (Å²) in [6, 6.07) is 2.43. The predicted molar refractivity (Wildman–Crippen MR) is 264 cm³/mol. The van der Waals surface area contributed by atoms with Crippen LogP contribution in [0.1, 0.15) is 135 Å². The number of amides is 6. The molecule has 0 aliphatic heterocycles. The van der Waals surface area contributed by atoms with E-state index in [1.807, 2.05) is 27.7 Å². The third-order valence-electron chi connectivity index (χ3n) is 10.1. The van der Waals surface area contributed by atoms with Crippen LogP contribution in [0.15, 0.2) is 46.7 Å². The zero-order chi connectivity index (χ0) is 54.1. The fourth-order valence-corrected chi connectivity index (χ4v) is 7.16. The number of aliphatic imine (C=N–C) groups is 1. The first-order valence-electron chi connectivity index (χ1n) is 23.9. The van der Waals surface area contributed by atoms with Gasteiger partial charge in [-0.3, -0.25) is 24.2 Å². The fourth-order valence-electron chi connectivity index (χ4n) is 7.16. The van der Waals surface area contributed by atoms with Gasteiger partial charge in [-0.2, -0.15) is 0 Å². The van der Waals surface area contributed by atoms with Gasteiger partial charge in [-0.05, 0) is 105 Å². The van der Waals surface area contributed by atoms with E-state index in [2.05, 4.69) is 36.9 Å². The molecule has 0 heterocycles. The lowest BCUT2D eigenvalue weighted by atomic mass is 9.75. The van der Waals surface area contributed by atoms with E-state index in [-0.39, 0.29) is 74.8 Å². The smallest absolute Gasteiger partial charge is 0.408 e. The number of carboxylic acid groups (broad SMARTS) is 1. The number of carbonyl (C=O) groups is 8. The highest BCUT2D eigenvalue weighted by Gasteiger charge is 2.37. The molecule has 1 aromatic carbocycles. The molecule has 0 spiro atoms. The van der Waals surface area contributed by atoms with Gasteiger partial charge < -0.3 is 61.1 Å². The Bertz CT molecular complexity index is 2080. The monoisotopic (exact) mass is 1000 g/mol. The van der Waals surface area contributed by atoms with Crippen molar-refractivity contribution in [1.29, 1.82) is 0 Å². The molecule has 1 aliphatic carbocycles. The number of aliphatic hydroxyl groups excluding tert-OH is 1. The fraction of sp³-hybridized carbons (Fsp3) is 0.660. The molecule has 2 rings (SSSR count). The molecule has 5 atom stereocenters. The van der Waals surface area contributed by atoms with Crippen LogP contribution in [0.3, 0.4) is 0 Å². The summed E-state index contributed by atoms with van der Waals surface area (Å²) in [4.78, 5) is 112. The topological polar surface area (TPSA) is 298 Å². The van der Waals surface area contributed by atoms with Crippen LogP contribution in [-0.2, 0) is 49.5 Å². The Morgan fingerprint density at radius 3 is 1.79 bits per heavy atom. The maximum atomic E-state index is 14.5. The largest absolute Gasteiger partial charge is 0.511 e. The van der Waals surface area contributed by atoms with Crippen molar-refractivity contribution in [2.24, 2.45) is 16.3 Å². The molecule has 1 aromatic rings. The van der Waals surface area contributed by atoms with Gasteiger partial charge in [-0.1, -0.05) is 58.0 Å². The van der Waals surface area contributed by atoms with E-state index in [4.69, 9.17) is 18.9 Å². The van der Waals surface area contributed by atoms with E-state index in [0.29, 0.717) is 11.3 Å². The number of hydrogen-bond donors (Lipinski definition) is 8. The average Bonchev–Trinajstić information content (AvgIpc) is 3.19. The molecule has 6 amide bonds. The Morgan fingerprint density at radius 1 is 0.704 bits per heavy atom. The minimum absolute atomic E-state index is 0.0245. The summed E-state index contributed by atoms with van der Waals surface area (Å²) in [5.41, 5.74) is -2.08. The third-order valence-corrected chi connectivity index (χ3v) is 10.1. The molecule has 0 bridgehead atoms. The molecule has 0 fully saturated rings. The summed E-state index contributed by atoms with van der Waals surface area (Å²) < 4.78 is 22.0. The number of Topliss-reactive ketones (excluding diaryl/α,β-unsaturated/α-hetero) is 1. The number of aliphatic carboxylic acids is 1. The lowest BCUT2D eigenvalue weighted by Crippen LogP contribution is -2.62. The summed E-state index contributed by atoms with van der Waals surface area (Å²) in [6.07, 6.45) is -3.76. The molecule has 0 saturated heterocycles. The van der Waals surface area contributed by atoms with Crippen LogP contribution in [0.2, 0.25) is 0 Å². The number of carbonyl (C=O) groups excluding carboxylic acids is 7. The lowest BCUT2D eigenvalue weighted by molar-refractivity contribution is -0.142. The zero-order valence-corrected chi connectivity index (χ0v) is 44.0. The van der Waals surface area contributed by atoms with Gasteiger partial charge >= 0.3 is 24.2 Å². The van der Waals surface area contributed by atoms with Gasteiger partial charge in [0.25, 0.3) is 0 Å². The maximum absolute atomic E-state index is 14.5. The van der Waals surface area contributed by atoms with E-state index in [1.165, 1.54) is 6.92 Å². The van der Waals surface area contributed by atoms with Crippen molar-refractivity contribution in [3.63, 3.8) is 0 Å².